The lowest BCUT2D eigenvalue weighted by molar-refractivity contribution is 0.0363. The zero-order valence-electron chi connectivity index (χ0n) is 16.0. The van der Waals surface area contributed by atoms with Crippen LogP contribution in [0.3, 0.4) is 0 Å². The number of anilines is 1. The van der Waals surface area contributed by atoms with E-state index in [1.165, 1.54) is 0 Å². The first-order chi connectivity index (χ1) is 12.9. The summed E-state index contributed by atoms with van der Waals surface area (Å²) in [5.74, 6) is 1.08. The Morgan fingerprint density at radius 2 is 1.93 bits per heavy atom. The molecule has 0 radical (unpaired) electrons. The summed E-state index contributed by atoms with van der Waals surface area (Å²) in [5.41, 5.74) is 2.86. The molecular weight excluding hydrogens is 338 g/mol. The molecule has 3 aromatic rings. The molecule has 5 nitrogen and oxygen atoms in total. The van der Waals surface area contributed by atoms with Crippen LogP contribution in [0.2, 0.25) is 0 Å². The first kappa shape index (κ1) is 17.7. The second-order valence-corrected chi connectivity index (χ2v) is 8.01. The third kappa shape index (κ3) is 3.88. The Balaban J connectivity index is 1.66. The van der Waals surface area contributed by atoms with Gasteiger partial charge < -0.3 is 15.2 Å². The first-order valence-electron chi connectivity index (χ1n) is 9.34. The number of aromatic nitrogens is 2. The van der Waals surface area contributed by atoms with Crippen molar-refractivity contribution in [3.05, 3.63) is 59.3 Å². The zero-order chi connectivity index (χ0) is 19.0. The molecule has 1 atom stereocenters. The van der Waals surface area contributed by atoms with E-state index >= 15 is 0 Å². The molecule has 0 unspecified atom stereocenters. The fraction of sp³-hybridized carbons (Fsp3) is 0.364. The zero-order valence-corrected chi connectivity index (χ0v) is 16.0. The molecule has 1 fully saturated rings. The van der Waals surface area contributed by atoms with Crippen molar-refractivity contribution in [3.8, 4) is 5.75 Å². The van der Waals surface area contributed by atoms with Crippen molar-refractivity contribution >= 4 is 16.6 Å². The van der Waals surface area contributed by atoms with Crippen LogP contribution in [0.4, 0.5) is 5.82 Å². The quantitative estimate of drug-likeness (QED) is 0.727. The summed E-state index contributed by atoms with van der Waals surface area (Å²) in [6.45, 7) is 6.87. The smallest absolute Gasteiger partial charge is 0.156 e. The van der Waals surface area contributed by atoms with Crippen LogP contribution in [-0.2, 0) is 11.2 Å². The van der Waals surface area contributed by atoms with Gasteiger partial charge in [-0.2, -0.15) is 5.10 Å². The molecule has 0 bridgehead atoms. The number of hydrogen-bond acceptors (Lipinski definition) is 5. The maximum atomic E-state index is 9.87. The molecule has 140 valence electrons. The summed E-state index contributed by atoms with van der Waals surface area (Å²) in [5, 5.41) is 24.5. The minimum absolute atomic E-state index is 0.103. The predicted molar refractivity (Wildman–Crippen MR) is 107 cm³/mol. The second kappa shape index (κ2) is 6.82. The number of hydrogen-bond donors (Lipinski definition) is 2. The molecule has 0 aliphatic carbocycles. The average Bonchev–Trinajstić information content (AvgIpc) is 2.95. The summed E-state index contributed by atoms with van der Waals surface area (Å²) in [6.07, 6.45) is 1.57. The number of nitrogens with one attached hydrogen (secondary N) is 1. The molecule has 0 saturated carbocycles. The van der Waals surface area contributed by atoms with Crippen LogP contribution in [0.5, 0.6) is 5.75 Å². The van der Waals surface area contributed by atoms with Crippen LogP contribution in [0.15, 0.2) is 42.5 Å². The van der Waals surface area contributed by atoms with Crippen molar-refractivity contribution in [2.75, 3.05) is 11.9 Å². The van der Waals surface area contributed by atoms with Crippen molar-refractivity contribution in [1.82, 2.24) is 10.2 Å². The van der Waals surface area contributed by atoms with Gasteiger partial charge in [-0.1, -0.05) is 30.3 Å². The lowest BCUT2D eigenvalue weighted by Gasteiger charge is -2.17. The number of phenols is 1. The number of fused-ring (bicyclic) bond motifs is 1. The van der Waals surface area contributed by atoms with E-state index in [2.05, 4.69) is 47.6 Å². The Labute approximate surface area is 159 Å². The Hall–Kier alpha value is -2.66. The number of rotatable bonds is 4. The van der Waals surface area contributed by atoms with Gasteiger partial charge in [0.25, 0.3) is 0 Å². The lowest BCUT2D eigenvalue weighted by atomic mass is 10.0. The van der Waals surface area contributed by atoms with E-state index in [4.69, 9.17) is 4.74 Å². The minimum atomic E-state index is -0.103. The number of aryl methyl sites for hydroxylation is 1. The fourth-order valence-electron chi connectivity index (χ4n) is 3.86. The van der Waals surface area contributed by atoms with Gasteiger partial charge in [0, 0.05) is 17.2 Å². The van der Waals surface area contributed by atoms with E-state index in [0.717, 1.165) is 39.8 Å². The molecule has 5 heteroatoms. The molecule has 2 aromatic carbocycles. The topological polar surface area (TPSA) is 67.3 Å². The van der Waals surface area contributed by atoms with Crippen LogP contribution in [0.1, 0.15) is 37.1 Å². The Morgan fingerprint density at radius 1 is 1.15 bits per heavy atom. The summed E-state index contributed by atoms with van der Waals surface area (Å²) >= 11 is 0. The molecule has 4 rings (SSSR count). The van der Waals surface area contributed by atoms with E-state index in [0.29, 0.717) is 13.0 Å². The molecule has 2 heterocycles. The minimum Gasteiger partial charge on any atom is -0.508 e. The largest absolute Gasteiger partial charge is 0.508 e. The molecule has 2 N–H and O–H groups in total. The summed E-state index contributed by atoms with van der Waals surface area (Å²) in [7, 11) is 0. The molecule has 1 aliphatic heterocycles. The third-order valence-corrected chi connectivity index (χ3v) is 5.01. The summed E-state index contributed by atoms with van der Waals surface area (Å²) in [6, 6.07) is 14.0. The van der Waals surface area contributed by atoms with E-state index in [1.54, 1.807) is 12.1 Å². The highest BCUT2D eigenvalue weighted by atomic mass is 16.5. The van der Waals surface area contributed by atoms with Gasteiger partial charge in [0.05, 0.1) is 23.9 Å². The first-order valence-corrected chi connectivity index (χ1v) is 9.34. The standard InChI is InChI=1S/C22H25N3O2/c1-14-8-15(10-17(26)9-14)11-20-18-6-4-5-7-19(18)21(25-24-20)23-16-12-22(2,3)27-13-16/h4-10,16,26H,11-13H2,1-3H3,(H,23,25)/t16-/m1/s1. The lowest BCUT2D eigenvalue weighted by Crippen LogP contribution is -2.23. The summed E-state index contributed by atoms with van der Waals surface area (Å²) in [4.78, 5) is 0. The highest BCUT2D eigenvalue weighted by molar-refractivity contribution is 5.93. The molecule has 0 amide bonds. The Bertz CT molecular complexity index is 964. The van der Waals surface area contributed by atoms with Gasteiger partial charge >= 0.3 is 0 Å². The fourth-order valence-corrected chi connectivity index (χ4v) is 3.86. The highest BCUT2D eigenvalue weighted by Crippen LogP contribution is 2.30. The highest BCUT2D eigenvalue weighted by Gasteiger charge is 2.32. The van der Waals surface area contributed by atoms with Crippen molar-refractivity contribution in [2.45, 2.75) is 45.3 Å². The molecule has 27 heavy (non-hydrogen) atoms. The molecular formula is C22H25N3O2. The predicted octanol–water partition coefficient (Wildman–Crippen LogP) is 4.21. The van der Waals surface area contributed by atoms with Gasteiger partial charge in [-0.25, -0.2) is 0 Å². The molecule has 1 aromatic heterocycles. The van der Waals surface area contributed by atoms with Gasteiger partial charge in [0.1, 0.15) is 5.75 Å². The molecule has 1 aliphatic rings. The maximum Gasteiger partial charge on any atom is 0.156 e. The number of nitrogens with zero attached hydrogens (tertiary/aromatic N) is 2. The number of aromatic hydroxyl groups is 1. The second-order valence-electron chi connectivity index (χ2n) is 8.01. The molecule has 1 saturated heterocycles. The number of phenolic OH excluding ortho intramolecular Hbond substituents is 1. The third-order valence-electron chi connectivity index (χ3n) is 5.01. The summed E-state index contributed by atoms with van der Waals surface area (Å²) < 4.78 is 5.83. The number of ether oxygens (including phenoxy) is 1. The monoisotopic (exact) mass is 363 g/mol. The van der Waals surface area contributed by atoms with Crippen LogP contribution in [0, 0.1) is 6.92 Å². The van der Waals surface area contributed by atoms with Crippen molar-refractivity contribution in [3.63, 3.8) is 0 Å². The van der Waals surface area contributed by atoms with E-state index < -0.39 is 0 Å². The van der Waals surface area contributed by atoms with Gasteiger partial charge in [0.15, 0.2) is 5.82 Å². The van der Waals surface area contributed by atoms with Gasteiger partial charge in [0.2, 0.25) is 0 Å². The van der Waals surface area contributed by atoms with Crippen molar-refractivity contribution in [2.24, 2.45) is 0 Å². The van der Waals surface area contributed by atoms with Crippen LogP contribution >= 0.6 is 0 Å². The SMILES string of the molecule is Cc1cc(O)cc(Cc2nnc(N[C@H]3COC(C)(C)C3)c3ccccc23)c1. The van der Waals surface area contributed by atoms with Crippen LogP contribution in [0.25, 0.3) is 10.8 Å². The van der Waals surface area contributed by atoms with Gasteiger partial charge in [-0.3, -0.25) is 0 Å². The van der Waals surface area contributed by atoms with Crippen molar-refractivity contribution < 1.29 is 9.84 Å². The van der Waals surface area contributed by atoms with Gasteiger partial charge in [-0.05, 0) is 50.5 Å². The van der Waals surface area contributed by atoms with Crippen LogP contribution < -0.4 is 5.32 Å². The Morgan fingerprint density at radius 3 is 2.63 bits per heavy atom. The maximum absolute atomic E-state index is 9.87. The van der Waals surface area contributed by atoms with E-state index in [1.807, 2.05) is 19.1 Å². The van der Waals surface area contributed by atoms with Crippen LogP contribution in [-0.4, -0.2) is 33.6 Å². The Kier molecular flexibility index (Phi) is 4.48. The normalized spacial score (nSPS) is 18.7. The molecule has 0 spiro atoms. The van der Waals surface area contributed by atoms with Crippen molar-refractivity contribution in [1.29, 1.82) is 0 Å². The van der Waals surface area contributed by atoms with E-state index in [9.17, 15) is 5.11 Å². The average molecular weight is 363 g/mol. The number of benzene rings is 2. The van der Waals surface area contributed by atoms with E-state index in [-0.39, 0.29) is 17.4 Å². The van der Waals surface area contributed by atoms with Gasteiger partial charge in [-0.15, -0.1) is 5.10 Å².